The van der Waals surface area contributed by atoms with E-state index in [-0.39, 0.29) is 23.5 Å². The molecule has 8 aromatic carbocycles. The molecule has 0 N–H and O–H groups in total. The van der Waals surface area contributed by atoms with Gasteiger partial charge in [0.05, 0.1) is 23.6 Å². The Kier molecular flexibility index (Phi) is 5.10. The van der Waals surface area contributed by atoms with Gasteiger partial charge in [-0.05, 0) is 56.6 Å². The number of rotatable bonds is 4. The van der Waals surface area contributed by atoms with Crippen molar-refractivity contribution in [2.75, 3.05) is 0 Å². The summed E-state index contributed by atoms with van der Waals surface area (Å²) in [5, 5.41) is 8.73. The molecule has 0 atom stereocenters. The number of benzene rings is 8. The Morgan fingerprint density at radius 3 is 1.43 bits per heavy atom. The third-order valence-corrected chi connectivity index (χ3v) is 9.31. The second-order valence-electron chi connectivity index (χ2n) is 12.0. The van der Waals surface area contributed by atoms with Crippen LogP contribution in [-0.2, 0) is 0 Å². The lowest BCUT2D eigenvalue weighted by molar-refractivity contribution is 1.07. The van der Waals surface area contributed by atoms with E-state index in [0.717, 1.165) is 59.8 Å². The van der Waals surface area contributed by atoms with Gasteiger partial charge < -0.3 is 4.57 Å². The summed E-state index contributed by atoms with van der Waals surface area (Å²) in [6, 6.07) is 45.1. The third kappa shape index (κ3) is 4.35. The molecular formula is C45H28N4. The van der Waals surface area contributed by atoms with Gasteiger partial charge in [-0.15, -0.1) is 0 Å². The SMILES string of the molecule is [2H]c1c([2H])c([2H])c(-c2nc(-c3ccccc3)nc(-c3cc4c5ccccc5c5ccccc5c4cc3-n3c4ccccc4c4ccccc43)n2)c([2H])c1[2H]. The maximum Gasteiger partial charge on any atom is 0.166 e. The van der Waals surface area contributed by atoms with Gasteiger partial charge in [0.25, 0.3) is 0 Å². The van der Waals surface area contributed by atoms with Crippen LogP contribution >= 0.6 is 0 Å². The molecule has 10 aromatic rings. The number of para-hydroxylation sites is 2. The van der Waals surface area contributed by atoms with Gasteiger partial charge in [-0.25, -0.2) is 15.0 Å². The van der Waals surface area contributed by atoms with Gasteiger partial charge in [0.15, 0.2) is 17.5 Å². The summed E-state index contributed by atoms with van der Waals surface area (Å²) in [5.74, 6) is 0.619. The lowest BCUT2D eigenvalue weighted by Gasteiger charge is -2.18. The average molecular weight is 630 g/mol. The maximum atomic E-state index is 8.86. The molecule has 10 rings (SSSR count). The highest BCUT2D eigenvalue weighted by Gasteiger charge is 2.21. The van der Waals surface area contributed by atoms with Crippen molar-refractivity contribution in [3.05, 3.63) is 170 Å². The van der Waals surface area contributed by atoms with E-state index in [2.05, 4.69) is 83.4 Å². The smallest absolute Gasteiger partial charge is 0.166 e. The van der Waals surface area contributed by atoms with Crippen molar-refractivity contribution in [1.29, 1.82) is 0 Å². The standard InChI is InChI=1S/C45H28N4/c1-3-15-29(16-4-1)43-46-44(30-17-5-2-6-18-30)48-45(47-43)39-27-37-33-21-9-7-19-31(33)32-20-8-10-22-34(32)38(37)28-42(39)49-40-25-13-11-23-35(40)36-24-12-14-26-41(36)49/h1-28H/i1D,3D,4D,15D,16D. The molecule has 0 unspecified atom stereocenters. The molecule has 0 saturated carbocycles. The number of aromatic nitrogens is 4. The fourth-order valence-electron chi connectivity index (χ4n) is 7.17. The third-order valence-electron chi connectivity index (χ3n) is 9.31. The predicted octanol–water partition coefficient (Wildman–Crippen LogP) is 11.4. The van der Waals surface area contributed by atoms with Gasteiger partial charge in [-0.1, -0.05) is 145 Å². The summed E-state index contributed by atoms with van der Waals surface area (Å²) >= 11 is 0. The zero-order valence-corrected chi connectivity index (χ0v) is 26.1. The van der Waals surface area contributed by atoms with Crippen LogP contribution in [0.2, 0.25) is 0 Å². The monoisotopic (exact) mass is 629 g/mol. The van der Waals surface area contributed by atoms with E-state index >= 15 is 0 Å². The molecule has 4 heteroatoms. The Labute approximate surface area is 289 Å². The Morgan fingerprint density at radius 1 is 0.388 bits per heavy atom. The first-order valence-corrected chi connectivity index (χ1v) is 16.1. The highest BCUT2D eigenvalue weighted by Crippen LogP contribution is 2.42. The van der Waals surface area contributed by atoms with Gasteiger partial charge in [-0.2, -0.15) is 0 Å². The molecule has 0 saturated heterocycles. The summed E-state index contributed by atoms with van der Waals surface area (Å²) in [7, 11) is 0. The lowest BCUT2D eigenvalue weighted by atomic mass is 9.92. The van der Waals surface area contributed by atoms with Crippen molar-refractivity contribution < 1.29 is 6.85 Å². The average Bonchev–Trinajstić information content (AvgIpc) is 3.56. The van der Waals surface area contributed by atoms with E-state index in [4.69, 9.17) is 21.8 Å². The van der Waals surface area contributed by atoms with Crippen LogP contribution in [-0.4, -0.2) is 19.5 Å². The number of hydrogen-bond donors (Lipinski definition) is 0. The van der Waals surface area contributed by atoms with E-state index < -0.39 is 18.1 Å². The summed E-state index contributed by atoms with van der Waals surface area (Å²) in [6.07, 6.45) is 0. The Morgan fingerprint density at radius 2 is 0.837 bits per heavy atom. The van der Waals surface area contributed by atoms with Crippen LogP contribution in [0.4, 0.5) is 0 Å². The second-order valence-corrected chi connectivity index (χ2v) is 12.0. The molecule has 2 heterocycles. The molecular weight excluding hydrogens is 597 g/mol. The second kappa shape index (κ2) is 11.0. The highest BCUT2D eigenvalue weighted by molar-refractivity contribution is 6.26. The first kappa shape index (κ1) is 22.8. The van der Waals surface area contributed by atoms with Gasteiger partial charge in [0.2, 0.25) is 0 Å². The van der Waals surface area contributed by atoms with Crippen LogP contribution in [0, 0.1) is 0 Å². The molecule has 0 amide bonds. The normalized spacial score (nSPS) is 13.1. The first-order valence-electron chi connectivity index (χ1n) is 18.6. The van der Waals surface area contributed by atoms with E-state index in [9.17, 15) is 0 Å². The molecule has 228 valence electrons. The number of fused-ring (bicyclic) bond motifs is 9. The number of nitrogens with zero attached hydrogens (tertiary/aromatic N) is 4. The minimum absolute atomic E-state index is 0.00695. The first-order chi connectivity index (χ1) is 26.4. The predicted molar refractivity (Wildman–Crippen MR) is 203 cm³/mol. The summed E-state index contributed by atoms with van der Waals surface area (Å²) < 4.78 is 45.1. The molecule has 49 heavy (non-hydrogen) atoms. The quantitative estimate of drug-likeness (QED) is 0.182. The van der Waals surface area contributed by atoms with Gasteiger partial charge in [-0.3, -0.25) is 0 Å². The molecule has 0 aliphatic carbocycles. The summed E-state index contributed by atoms with van der Waals surface area (Å²) in [4.78, 5) is 14.9. The maximum absolute atomic E-state index is 8.86. The van der Waals surface area contributed by atoms with Crippen LogP contribution < -0.4 is 0 Å². The van der Waals surface area contributed by atoms with Crippen molar-refractivity contribution in [2.24, 2.45) is 0 Å². The molecule has 0 fully saturated rings. The van der Waals surface area contributed by atoms with Crippen LogP contribution in [0.25, 0.3) is 94.0 Å². The fourth-order valence-corrected chi connectivity index (χ4v) is 7.17. The van der Waals surface area contributed by atoms with Crippen molar-refractivity contribution in [2.45, 2.75) is 0 Å². The zero-order valence-electron chi connectivity index (χ0n) is 31.1. The van der Waals surface area contributed by atoms with Gasteiger partial charge >= 0.3 is 0 Å². The van der Waals surface area contributed by atoms with E-state index in [0.29, 0.717) is 22.8 Å². The molecule has 0 aliphatic heterocycles. The van der Waals surface area contributed by atoms with Crippen LogP contribution in [0.1, 0.15) is 6.85 Å². The van der Waals surface area contributed by atoms with Crippen molar-refractivity contribution >= 4 is 54.1 Å². The molecule has 0 aliphatic rings. The molecule has 0 spiro atoms. The van der Waals surface area contributed by atoms with Crippen molar-refractivity contribution in [3.63, 3.8) is 0 Å². The zero-order chi connectivity index (χ0) is 36.7. The van der Waals surface area contributed by atoms with E-state index in [1.807, 2.05) is 60.7 Å². The summed E-state index contributed by atoms with van der Waals surface area (Å²) in [5.41, 5.74) is 4.16. The lowest BCUT2D eigenvalue weighted by Crippen LogP contribution is -2.04. The molecule has 2 aromatic heterocycles. The Hall–Kier alpha value is -6.65. The minimum Gasteiger partial charge on any atom is -0.308 e. The van der Waals surface area contributed by atoms with Gasteiger partial charge in [0, 0.05) is 27.5 Å². The van der Waals surface area contributed by atoms with Crippen LogP contribution in [0.3, 0.4) is 0 Å². The van der Waals surface area contributed by atoms with E-state index in [1.54, 1.807) is 0 Å². The van der Waals surface area contributed by atoms with Crippen LogP contribution in [0.5, 0.6) is 0 Å². The highest BCUT2D eigenvalue weighted by atomic mass is 15.1. The van der Waals surface area contributed by atoms with Crippen molar-refractivity contribution in [3.8, 4) is 39.9 Å². The molecule has 0 radical (unpaired) electrons. The van der Waals surface area contributed by atoms with E-state index in [1.165, 1.54) is 0 Å². The topological polar surface area (TPSA) is 43.6 Å². The molecule has 4 nitrogen and oxygen atoms in total. The summed E-state index contributed by atoms with van der Waals surface area (Å²) in [6.45, 7) is 0. The number of hydrogen-bond acceptors (Lipinski definition) is 3. The van der Waals surface area contributed by atoms with Gasteiger partial charge in [0.1, 0.15) is 0 Å². The Balaban J connectivity index is 1.40. The fraction of sp³-hybridized carbons (Fsp3) is 0. The minimum atomic E-state index is -0.478. The van der Waals surface area contributed by atoms with Crippen molar-refractivity contribution in [1.82, 2.24) is 19.5 Å². The van der Waals surface area contributed by atoms with Crippen LogP contribution in [0.15, 0.2) is 170 Å². The Bertz CT molecular complexity index is 3090. The molecule has 0 bridgehead atoms. The largest absolute Gasteiger partial charge is 0.308 e.